The van der Waals surface area contributed by atoms with E-state index in [-0.39, 0.29) is 0 Å². The van der Waals surface area contributed by atoms with Gasteiger partial charge in [0.05, 0.1) is 7.11 Å². The minimum Gasteiger partial charge on any atom is -0.508 e. The smallest absolute Gasteiger partial charge is 0.121 e. The van der Waals surface area contributed by atoms with Gasteiger partial charge in [-0.3, -0.25) is 0 Å². The second-order valence-electron chi connectivity index (χ2n) is 11.2. The lowest BCUT2D eigenvalue weighted by molar-refractivity contribution is 0.0513. The van der Waals surface area contributed by atoms with Crippen molar-refractivity contribution >= 4 is 0 Å². The zero-order valence-corrected chi connectivity index (χ0v) is 20.8. The molecule has 0 aliphatic heterocycles. The summed E-state index contributed by atoms with van der Waals surface area (Å²) in [5.74, 6) is 4.47. The fourth-order valence-electron chi connectivity index (χ4n) is 6.76. The molecule has 0 atom stereocenters. The Morgan fingerprint density at radius 2 is 1.19 bits per heavy atom. The van der Waals surface area contributed by atoms with Gasteiger partial charge in [0.15, 0.2) is 0 Å². The fourth-order valence-corrected chi connectivity index (χ4v) is 6.76. The third kappa shape index (κ3) is 4.70. The van der Waals surface area contributed by atoms with Crippen molar-refractivity contribution in [1.29, 1.82) is 0 Å². The molecule has 0 saturated heterocycles. The maximum absolute atomic E-state index is 9.86. The predicted octanol–water partition coefficient (Wildman–Crippen LogP) is 8.29. The first-order valence-electron chi connectivity index (χ1n) is 12.7. The Morgan fingerprint density at radius 1 is 0.719 bits per heavy atom. The molecule has 174 valence electrons. The summed E-state index contributed by atoms with van der Waals surface area (Å²) in [6.07, 6.45) is 10.6. The summed E-state index contributed by atoms with van der Waals surface area (Å²) in [7, 11) is 1.76. The molecule has 0 aromatic heterocycles. The van der Waals surface area contributed by atoms with E-state index in [1.54, 1.807) is 7.11 Å². The monoisotopic (exact) mass is 434 g/mol. The van der Waals surface area contributed by atoms with Gasteiger partial charge in [0, 0.05) is 0 Å². The Bertz CT molecular complexity index is 912. The van der Waals surface area contributed by atoms with Gasteiger partial charge in [0.2, 0.25) is 0 Å². The summed E-state index contributed by atoms with van der Waals surface area (Å²) in [6.45, 7) is 9.29. The van der Waals surface area contributed by atoms with E-state index in [1.165, 1.54) is 68.1 Å². The molecule has 0 unspecified atom stereocenters. The van der Waals surface area contributed by atoms with Gasteiger partial charge in [-0.25, -0.2) is 0 Å². The molecule has 32 heavy (non-hydrogen) atoms. The molecule has 2 aliphatic carbocycles. The van der Waals surface area contributed by atoms with E-state index < -0.39 is 0 Å². The molecule has 2 aromatic rings. The first kappa shape index (κ1) is 23.2. The van der Waals surface area contributed by atoms with Crippen molar-refractivity contribution in [2.75, 3.05) is 7.11 Å². The van der Waals surface area contributed by atoms with E-state index in [1.807, 2.05) is 13.0 Å². The molecule has 0 amide bonds. The molecule has 2 aliphatic rings. The number of methoxy groups -OCH3 is 1. The Hall–Kier alpha value is -1.96. The van der Waals surface area contributed by atoms with E-state index in [2.05, 4.69) is 51.1 Å². The molecule has 0 spiro atoms. The standard InChI is InChI=1S/C30H42O2/c1-20-18-24(10-16-28(20)31)22-6-12-26(13-7-22)30(3,4)27-14-8-23(9-15-27)25-11-17-29(32-5)21(2)19-25/h10-11,16-19,22-23,26-27,31H,6-9,12-15H2,1-5H3. The van der Waals surface area contributed by atoms with E-state index in [9.17, 15) is 5.11 Å². The van der Waals surface area contributed by atoms with Crippen LogP contribution in [0.2, 0.25) is 0 Å². The van der Waals surface area contributed by atoms with Gasteiger partial charge < -0.3 is 9.84 Å². The summed E-state index contributed by atoms with van der Waals surface area (Å²) < 4.78 is 5.45. The number of rotatable bonds is 5. The van der Waals surface area contributed by atoms with Crippen LogP contribution in [0.25, 0.3) is 0 Å². The average Bonchev–Trinajstić information content (AvgIpc) is 2.81. The van der Waals surface area contributed by atoms with E-state index >= 15 is 0 Å². The van der Waals surface area contributed by atoms with Gasteiger partial charge in [-0.2, -0.15) is 0 Å². The van der Waals surface area contributed by atoms with Gasteiger partial charge in [-0.1, -0.05) is 38.1 Å². The SMILES string of the molecule is COc1ccc(C2CCC(C(C)(C)C3CCC(c4ccc(O)c(C)c4)CC3)CC2)cc1C. The summed E-state index contributed by atoms with van der Waals surface area (Å²) in [5, 5.41) is 9.86. The van der Waals surface area contributed by atoms with Crippen LogP contribution in [0.15, 0.2) is 36.4 Å². The van der Waals surface area contributed by atoms with Crippen molar-refractivity contribution in [3.8, 4) is 11.5 Å². The second-order valence-corrected chi connectivity index (χ2v) is 11.2. The van der Waals surface area contributed by atoms with Gasteiger partial charge in [-0.15, -0.1) is 0 Å². The third-order valence-electron chi connectivity index (χ3n) is 9.14. The third-order valence-corrected chi connectivity index (χ3v) is 9.14. The number of benzene rings is 2. The zero-order valence-electron chi connectivity index (χ0n) is 20.8. The highest BCUT2D eigenvalue weighted by Crippen LogP contribution is 2.52. The Morgan fingerprint density at radius 3 is 1.62 bits per heavy atom. The molecule has 2 aromatic carbocycles. The van der Waals surface area contributed by atoms with Crippen LogP contribution in [0.5, 0.6) is 11.5 Å². The summed E-state index contributed by atoms with van der Waals surface area (Å²) in [4.78, 5) is 0. The second kappa shape index (κ2) is 9.49. The molecular formula is C30H42O2. The summed E-state index contributed by atoms with van der Waals surface area (Å²) >= 11 is 0. The first-order chi connectivity index (χ1) is 15.3. The van der Waals surface area contributed by atoms with Crippen molar-refractivity contribution in [1.82, 2.24) is 0 Å². The minimum absolute atomic E-state index is 0.420. The highest BCUT2D eigenvalue weighted by molar-refractivity contribution is 5.38. The maximum atomic E-state index is 9.86. The molecule has 2 nitrogen and oxygen atoms in total. The van der Waals surface area contributed by atoms with Crippen LogP contribution in [0, 0.1) is 31.1 Å². The number of aryl methyl sites for hydroxylation is 2. The van der Waals surface area contributed by atoms with Crippen LogP contribution in [0.1, 0.15) is 99.3 Å². The van der Waals surface area contributed by atoms with E-state index in [4.69, 9.17) is 4.74 Å². The molecule has 1 N–H and O–H groups in total. The number of ether oxygens (including phenoxy) is 1. The highest BCUT2D eigenvalue weighted by Gasteiger charge is 2.40. The van der Waals surface area contributed by atoms with Crippen LogP contribution >= 0.6 is 0 Å². The molecule has 2 heteroatoms. The summed E-state index contributed by atoms with van der Waals surface area (Å²) in [6, 6.07) is 13.0. The largest absolute Gasteiger partial charge is 0.508 e. The zero-order chi connectivity index (χ0) is 22.9. The molecule has 2 saturated carbocycles. The molecular weight excluding hydrogens is 392 g/mol. The first-order valence-corrected chi connectivity index (χ1v) is 12.7. The van der Waals surface area contributed by atoms with Crippen molar-refractivity contribution in [2.45, 2.75) is 90.9 Å². The van der Waals surface area contributed by atoms with Gasteiger partial charge in [0.25, 0.3) is 0 Å². The number of hydrogen-bond donors (Lipinski definition) is 1. The van der Waals surface area contributed by atoms with Crippen molar-refractivity contribution in [2.24, 2.45) is 17.3 Å². The van der Waals surface area contributed by atoms with Gasteiger partial charge in [-0.05, 0) is 129 Å². The lowest BCUT2D eigenvalue weighted by Crippen LogP contribution is -2.36. The molecule has 0 heterocycles. The van der Waals surface area contributed by atoms with Crippen LogP contribution in [-0.4, -0.2) is 12.2 Å². The van der Waals surface area contributed by atoms with E-state index in [0.717, 1.165) is 23.1 Å². The van der Waals surface area contributed by atoms with Crippen molar-refractivity contribution < 1.29 is 9.84 Å². The number of phenolic OH excluding ortho intramolecular Hbond substituents is 1. The Balaban J connectivity index is 1.33. The Kier molecular flexibility index (Phi) is 6.89. The van der Waals surface area contributed by atoms with Gasteiger partial charge in [0.1, 0.15) is 11.5 Å². The lowest BCUT2D eigenvalue weighted by Gasteiger charge is -2.47. The lowest BCUT2D eigenvalue weighted by atomic mass is 9.58. The van der Waals surface area contributed by atoms with Crippen molar-refractivity contribution in [3.05, 3.63) is 58.7 Å². The van der Waals surface area contributed by atoms with Crippen LogP contribution in [-0.2, 0) is 0 Å². The van der Waals surface area contributed by atoms with Gasteiger partial charge >= 0.3 is 0 Å². The Labute approximate surface area is 195 Å². The topological polar surface area (TPSA) is 29.5 Å². The fraction of sp³-hybridized carbons (Fsp3) is 0.600. The van der Waals surface area contributed by atoms with Crippen LogP contribution in [0.4, 0.5) is 0 Å². The van der Waals surface area contributed by atoms with Crippen LogP contribution in [0.3, 0.4) is 0 Å². The molecule has 4 rings (SSSR count). The molecule has 2 fully saturated rings. The number of aromatic hydroxyl groups is 1. The number of phenols is 1. The molecule has 0 bridgehead atoms. The molecule has 0 radical (unpaired) electrons. The highest BCUT2D eigenvalue weighted by atomic mass is 16.5. The van der Waals surface area contributed by atoms with Crippen LogP contribution < -0.4 is 4.74 Å². The number of hydrogen-bond acceptors (Lipinski definition) is 2. The quantitative estimate of drug-likeness (QED) is 0.513. The van der Waals surface area contributed by atoms with Crippen molar-refractivity contribution in [3.63, 3.8) is 0 Å². The summed E-state index contributed by atoms with van der Waals surface area (Å²) in [5.41, 5.74) is 5.62. The predicted molar refractivity (Wildman–Crippen MR) is 134 cm³/mol. The minimum atomic E-state index is 0.420. The van der Waals surface area contributed by atoms with E-state index in [0.29, 0.717) is 23.0 Å². The normalized spacial score (nSPS) is 26.7. The maximum Gasteiger partial charge on any atom is 0.121 e. The average molecular weight is 435 g/mol.